The van der Waals surface area contributed by atoms with Gasteiger partial charge in [0.25, 0.3) is 0 Å². The number of aromatic nitrogens is 1. The Labute approximate surface area is 242 Å². The fourth-order valence-electron chi connectivity index (χ4n) is 4.75. The van der Waals surface area contributed by atoms with Crippen molar-refractivity contribution in [1.82, 2.24) is 15.2 Å². The molecule has 1 fully saturated rings. The molecule has 1 heterocycles. The van der Waals surface area contributed by atoms with Crippen molar-refractivity contribution in [3.05, 3.63) is 108 Å². The van der Waals surface area contributed by atoms with E-state index in [1.54, 1.807) is 0 Å². The second-order valence-corrected chi connectivity index (χ2v) is 10.6. The summed E-state index contributed by atoms with van der Waals surface area (Å²) >= 11 is 0. The Kier molecular flexibility index (Phi) is 11.7. The van der Waals surface area contributed by atoms with Crippen LogP contribution in [0.15, 0.2) is 102 Å². The molecule has 0 unspecified atom stereocenters. The van der Waals surface area contributed by atoms with Crippen molar-refractivity contribution < 1.29 is 0 Å². The molecule has 1 aliphatic carbocycles. The largest absolute Gasteiger partial charge is 0.358 e. The van der Waals surface area contributed by atoms with Crippen LogP contribution in [-0.2, 0) is 0 Å². The predicted octanol–water partition coefficient (Wildman–Crippen LogP) is 8.05. The highest BCUT2D eigenvalue weighted by Crippen LogP contribution is 2.36. The topological polar surface area (TPSA) is 52.6 Å². The summed E-state index contributed by atoms with van der Waals surface area (Å²) in [4.78, 5) is 11.6. The minimum atomic E-state index is 0.586. The van der Waals surface area contributed by atoms with Crippen molar-refractivity contribution in [1.29, 1.82) is 0 Å². The minimum Gasteiger partial charge on any atom is -0.358 e. The van der Waals surface area contributed by atoms with E-state index in [0.29, 0.717) is 5.92 Å². The van der Waals surface area contributed by atoms with Gasteiger partial charge in [0.2, 0.25) is 0 Å². The summed E-state index contributed by atoms with van der Waals surface area (Å²) in [5, 5.41) is 6.91. The fourth-order valence-corrected chi connectivity index (χ4v) is 4.75. The molecule has 0 bridgehead atoms. The zero-order chi connectivity index (χ0) is 29.1. The zero-order valence-corrected chi connectivity index (χ0v) is 25.2. The number of benzene rings is 1. The van der Waals surface area contributed by atoms with Crippen LogP contribution >= 0.6 is 0 Å². The second kappa shape index (κ2) is 15.2. The lowest BCUT2D eigenvalue weighted by Crippen LogP contribution is -2.27. The van der Waals surface area contributed by atoms with Gasteiger partial charge in [-0.25, -0.2) is 0 Å². The molecule has 0 amide bonds. The average molecular weight is 538 g/mol. The molecular formula is C35H47N5. The molecule has 40 heavy (non-hydrogen) atoms. The van der Waals surface area contributed by atoms with Gasteiger partial charge in [0.1, 0.15) is 0 Å². The van der Waals surface area contributed by atoms with E-state index in [-0.39, 0.29) is 0 Å². The average Bonchev–Trinajstić information content (AvgIpc) is 3.79. The number of rotatable bonds is 16. The van der Waals surface area contributed by atoms with Crippen molar-refractivity contribution in [2.75, 3.05) is 32.0 Å². The summed E-state index contributed by atoms with van der Waals surface area (Å²) in [7, 11) is 1.81. The first-order chi connectivity index (χ1) is 19.3. The van der Waals surface area contributed by atoms with Crippen molar-refractivity contribution in [2.24, 2.45) is 10.9 Å². The third kappa shape index (κ3) is 8.92. The Morgan fingerprint density at radius 1 is 1.05 bits per heavy atom. The van der Waals surface area contributed by atoms with E-state index in [2.05, 4.69) is 102 Å². The highest BCUT2D eigenvalue weighted by atomic mass is 15.1. The summed E-state index contributed by atoms with van der Waals surface area (Å²) in [6, 6.07) is 8.56. The van der Waals surface area contributed by atoms with Crippen LogP contribution in [0.3, 0.4) is 0 Å². The van der Waals surface area contributed by atoms with E-state index >= 15 is 0 Å². The Hall–Kier alpha value is -3.70. The van der Waals surface area contributed by atoms with Gasteiger partial charge in [0.15, 0.2) is 0 Å². The van der Waals surface area contributed by atoms with Crippen LogP contribution in [0.25, 0.3) is 11.1 Å². The van der Waals surface area contributed by atoms with E-state index < -0.39 is 0 Å². The van der Waals surface area contributed by atoms with E-state index in [9.17, 15) is 0 Å². The van der Waals surface area contributed by atoms with E-state index in [4.69, 9.17) is 0 Å². The molecule has 5 nitrogen and oxygen atoms in total. The normalized spacial score (nSPS) is 14.1. The molecule has 1 aliphatic rings. The Bertz CT molecular complexity index is 1290. The fraction of sp³-hybridized carbons (Fsp3) is 0.371. The standard InChI is InChI=1S/C35H47N5/c1-9-18-40(19-10-2)24-25(4)12-17-32(11-3)39-28(7)35(36-8)34-21-30(14-13-26(34)5)31-20-33(23-37-22-31)38-27(6)29-15-16-29/h11-14,17,20-23,29,38-39H,4,6-7,9-10,15-16,18-19,24H2,1-3,5,8H3/b17-12-,32-11+,36-35?. The van der Waals surface area contributed by atoms with E-state index in [1.807, 2.05) is 32.4 Å². The molecule has 2 N–H and O–H groups in total. The first kappa shape index (κ1) is 30.8. The Morgan fingerprint density at radius 2 is 1.77 bits per heavy atom. The highest BCUT2D eigenvalue weighted by molar-refractivity contribution is 6.13. The number of aryl methyl sites for hydroxylation is 1. The lowest BCUT2D eigenvalue weighted by molar-refractivity contribution is 0.299. The number of hydrogen-bond acceptors (Lipinski definition) is 5. The Balaban J connectivity index is 1.73. The van der Waals surface area contributed by atoms with Gasteiger partial charge in [-0.05, 0) is 93.4 Å². The monoisotopic (exact) mass is 537 g/mol. The molecule has 3 rings (SSSR count). The SMILES string of the molecule is C=C(/C=C\C(=C/C)NC(=C)C(=NC)c1cc(-c2cncc(NC(=C)C3CC3)c2)ccc1C)CN(CCC)CCC. The highest BCUT2D eigenvalue weighted by Gasteiger charge is 2.24. The number of allylic oxidation sites excluding steroid dienone is 4. The summed E-state index contributed by atoms with van der Waals surface area (Å²) in [5.41, 5.74) is 9.95. The summed E-state index contributed by atoms with van der Waals surface area (Å²) in [6.07, 6.45) is 14.7. The van der Waals surface area contributed by atoms with Crippen LogP contribution in [0.4, 0.5) is 5.69 Å². The molecule has 0 saturated heterocycles. The smallest absolute Gasteiger partial charge is 0.0874 e. The third-order valence-electron chi connectivity index (χ3n) is 7.06. The quantitative estimate of drug-likeness (QED) is 0.168. The van der Waals surface area contributed by atoms with Gasteiger partial charge in [-0.2, -0.15) is 0 Å². The predicted molar refractivity (Wildman–Crippen MR) is 174 cm³/mol. The first-order valence-corrected chi connectivity index (χ1v) is 14.5. The maximum atomic E-state index is 4.64. The van der Waals surface area contributed by atoms with Crippen LogP contribution in [0.2, 0.25) is 0 Å². The molecular weight excluding hydrogens is 490 g/mol. The first-order valence-electron chi connectivity index (χ1n) is 14.5. The molecule has 0 aliphatic heterocycles. The van der Waals surface area contributed by atoms with Gasteiger partial charge >= 0.3 is 0 Å². The lowest BCUT2D eigenvalue weighted by atomic mass is 9.96. The molecule has 212 valence electrons. The maximum absolute atomic E-state index is 4.64. The summed E-state index contributed by atoms with van der Waals surface area (Å²) in [5.74, 6) is 0.586. The van der Waals surface area contributed by atoms with Gasteiger partial charge < -0.3 is 10.6 Å². The van der Waals surface area contributed by atoms with Gasteiger partial charge in [0.05, 0.1) is 23.3 Å². The van der Waals surface area contributed by atoms with Crippen molar-refractivity contribution >= 4 is 11.4 Å². The van der Waals surface area contributed by atoms with Crippen LogP contribution in [0.5, 0.6) is 0 Å². The number of nitrogens with zero attached hydrogens (tertiary/aromatic N) is 3. The molecule has 2 aromatic rings. The van der Waals surface area contributed by atoms with Gasteiger partial charge in [-0.15, -0.1) is 0 Å². The number of anilines is 1. The summed E-state index contributed by atoms with van der Waals surface area (Å²) in [6.45, 7) is 24.4. The number of hydrogen-bond donors (Lipinski definition) is 2. The molecule has 5 heteroatoms. The number of aliphatic imine (C=N–C) groups is 1. The summed E-state index contributed by atoms with van der Waals surface area (Å²) < 4.78 is 0. The third-order valence-corrected chi connectivity index (χ3v) is 7.06. The van der Waals surface area contributed by atoms with E-state index in [1.165, 1.54) is 12.8 Å². The second-order valence-electron chi connectivity index (χ2n) is 10.6. The Morgan fingerprint density at radius 3 is 2.40 bits per heavy atom. The minimum absolute atomic E-state index is 0.586. The van der Waals surface area contributed by atoms with Crippen LogP contribution in [-0.4, -0.2) is 42.3 Å². The van der Waals surface area contributed by atoms with Crippen LogP contribution < -0.4 is 10.6 Å². The van der Waals surface area contributed by atoms with Crippen LogP contribution in [0.1, 0.15) is 57.6 Å². The van der Waals surface area contributed by atoms with Crippen LogP contribution in [0, 0.1) is 12.8 Å². The zero-order valence-electron chi connectivity index (χ0n) is 25.2. The van der Waals surface area contributed by atoms with Gasteiger partial charge in [-0.3, -0.25) is 14.9 Å². The lowest BCUT2D eigenvalue weighted by Gasteiger charge is -2.21. The van der Waals surface area contributed by atoms with Crippen molar-refractivity contribution in [3.8, 4) is 11.1 Å². The van der Waals surface area contributed by atoms with E-state index in [0.717, 1.165) is 88.8 Å². The van der Waals surface area contributed by atoms with Gasteiger partial charge in [0, 0.05) is 42.3 Å². The molecule has 1 aromatic heterocycles. The molecule has 1 saturated carbocycles. The van der Waals surface area contributed by atoms with Gasteiger partial charge in [-0.1, -0.05) is 57.9 Å². The van der Waals surface area contributed by atoms with Crippen molar-refractivity contribution in [2.45, 2.75) is 53.4 Å². The molecule has 0 atom stereocenters. The number of pyridine rings is 1. The molecule has 0 radical (unpaired) electrons. The molecule has 0 spiro atoms. The van der Waals surface area contributed by atoms with Crippen molar-refractivity contribution in [3.63, 3.8) is 0 Å². The number of nitrogens with one attached hydrogen (secondary N) is 2. The molecule has 1 aromatic carbocycles. The maximum Gasteiger partial charge on any atom is 0.0874 e.